The highest BCUT2D eigenvalue weighted by Gasteiger charge is 2.20. The van der Waals surface area contributed by atoms with Crippen LogP contribution < -0.4 is 5.32 Å². The number of nitrogens with one attached hydrogen (secondary N) is 1. The molecule has 3 N–H and O–H groups in total. The van der Waals surface area contributed by atoms with Gasteiger partial charge in [0.1, 0.15) is 0 Å². The van der Waals surface area contributed by atoms with E-state index in [-0.39, 0.29) is 18.5 Å². The van der Waals surface area contributed by atoms with Crippen LogP contribution in [0.1, 0.15) is 406 Å². The highest BCUT2D eigenvalue weighted by Crippen LogP contribution is 2.19. The summed E-state index contributed by atoms with van der Waals surface area (Å²) in [6.07, 6.45) is 78.5. The van der Waals surface area contributed by atoms with Crippen LogP contribution in [-0.2, 0) is 14.3 Å². The van der Waals surface area contributed by atoms with Crippen LogP contribution in [0, 0.1) is 0 Å². The Hall–Kier alpha value is -1.14. The Morgan fingerprint density at radius 2 is 0.547 bits per heavy atom. The van der Waals surface area contributed by atoms with Gasteiger partial charge in [-0.2, -0.15) is 0 Å². The van der Waals surface area contributed by atoms with E-state index in [0.717, 1.165) is 38.5 Å². The molecular weight excluding hydrogens is 923 g/mol. The van der Waals surface area contributed by atoms with Gasteiger partial charge in [0.25, 0.3) is 0 Å². The smallest absolute Gasteiger partial charge is 0.305 e. The number of unbranched alkanes of at least 4 members (excludes halogenated alkanes) is 55. The molecule has 0 heterocycles. The Morgan fingerprint density at radius 1 is 0.320 bits per heavy atom. The van der Waals surface area contributed by atoms with E-state index in [1.807, 2.05) is 0 Å². The van der Waals surface area contributed by atoms with Gasteiger partial charge in [-0.05, 0) is 25.7 Å². The van der Waals surface area contributed by atoms with Gasteiger partial charge in [-0.25, -0.2) is 0 Å². The normalized spacial score (nSPS) is 12.4. The van der Waals surface area contributed by atoms with Gasteiger partial charge < -0.3 is 20.3 Å². The Labute approximate surface area is 470 Å². The topological polar surface area (TPSA) is 95.9 Å². The highest BCUT2D eigenvalue weighted by atomic mass is 16.5. The van der Waals surface area contributed by atoms with Crippen molar-refractivity contribution in [1.82, 2.24) is 5.32 Å². The number of hydrogen-bond acceptors (Lipinski definition) is 5. The molecule has 6 heteroatoms. The third-order valence-electron chi connectivity index (χ3n) is 16.7. The van der Waals surface area contributed by atoms with Crippen molar-refractivity contribution in [3.05, 3.63) is 0 Å². The van der Waals surface area contributed by atoms with Crippen molar-refractivity contribution < 1.29 is 24.5 Å². The van der Waals surface area contributed by atoms with Gasteiger partial charge in [-0.15, -0.1) is 0 Å². The second-order valence-electron chi connectivity index (χ2n) is 24.2. The first-order valence-corrected chi connectivity index (χ1v) is 34.8. The molecule has 0 aromatic heterocycles. The fourth-order valence-corrected chi connectivity index (χ4v) is 11.4. The van der Waals surface area contributed by atoms with E-state index in [0.29, 0.717) is 25.9 Å². The lowest BCUT2D eigenvalue weighted by atomic mass is 10.0. The minimum Gasteiger partial charge on any atom is -0.466 e. The molecule has 0 aromatic rings. The van der Waals surface area contributed by atoms with Crippen molar-refractivity contribution in [3.8, 4) is 0 Å². The Bertz CT molecular complexity index is 1080. The molecule has 448 valence electrons. The second kappa shape index (κ2) is 65.4. The van der Waals surface area contributed by atoms with E-state index < -0.39 is 12.1 Å². The molecule has 0 radical (unpaired) electrons. The van der Waals surface area contributed by atoms with E-state index in [9.17, 15) is 19.8 Å². The van der Waals surface area contributed by atoms with Crippen LogP contribution in [0.2, 0.25) is 0 Å². The molecule has 1 amide bonds. The molecule has 2 unspecified atom stereocenters. The summed E-state index contributed by atoms with van der Waals surface area (Å²) in [5, 5.41) is 23.4. The number of carbonyl (C=O) groups is 2. The molecule has 0 saturated carbocycles. The molecule has 75 heavy (non-hydrogen) atoms. The first-order valence-electron chi connectivity index (χ1n) is 34.8. The third kappa shape index (κ3) is 61.9. The fraction of sp³-hybridized carbons (Fsp3) is 0.971. The average molecular weight is 1060 g/mol. The summed E-state index contributed by atoms with van der Waals surface area (Å²) in [7, 11) is 0. The standard InChI is InChI=1S/C69H137NO5/c1-3-5-7-9-11-13-15-17-19-21-30-33-37-41-45-49-53-57-61-67(72)66(65-71)70-68(73)62-58-54-50-46-42-38-34-31-27-25-23-22-24-26-28-32-36-40-44-48-52-56-60-64-75-69(74)63-59-55-51-47-43-39-35-29-20-18-16-14-12-10-8-6-4-2/h66-67,71-72H,3-65H2,1-2H3,(H,70,73). The van der Waals surface area contributed by atoms with Gasteiger partial charge in [0.15, 0.2) is 0 Å². The molecule has 0 fully saturated rings. The number of aliphatic hydroxyl groups is 2. The second-order valence-corrected chi connectivity index (χ2v) is 24.2. The van der Waals surface area contributed by atoms with Gasteiger partial charge in [-0.3, -0.25) is 9.59 Å². The van der Waals surface area contributed by atoms with Crippen LogP contribution in [0.15, 0.2) is 0 Å². The molecule has 0 saturated heterocycles. The zero-order valence-electron chi connectivity index (χ0n) is 51.3. The summed E-state index contributed by atoms with van der Waals surface area (Å²) in [5.41, 5.74) is 0. The summed E-state index contributed by atoms with van der Waals surface area (Å²) in [6.45, 7) is 5.00. The first-order chi connectivity index (χ1) is 37.0. The maximum Gasteiger partial charge on any atom is 0.305 e. The van der Waals surface area contributed by atoms with Crippen molar-refractivity contribution in [2.24, 2.45) is 0 Å². The minimum atomic E-state index is -0.663. The molecule has 0 aliphatic carbocycles. The Morgan fingerprint density at radius 3 is 0.813 bits per heavy atom. The monoisotopic (exact) mass is 1060 g/mol. The van der Waals surface area contributed by atoms with Crippen molar-refractivity contribution in [2.45, 2.75) is 418 Å². The molecule has 0 aliphatic heterocycles. The van der Waals surface area contributed by atoms with E-state index in [1.54, 1.807) is 0 Å². The zero-order valence-corrected chi connectivity index (χ0v) is 51.3. The quantitative estimate of drug-likeness (QED) is 0.0417. The van der Waals surface area contributed by atoms with Gasteiger partial charge in [0, 0.05) is 12.8 Å². The van der Waals surface area contributed by atoms with E-state index in [4.69, 9.17) is 4.74 Å². The molecule has 6 nitrogen and oxygen atoms in total. The molecular formula is C69H137NO5. The number of rotatable bonds is 66. The summed E-state index contributed by atoms with van der Waals surface area (Å²) < 4.78 is 5.51. The summed E-state index contributed by atoms with van der Waals surface area (Å²) >= 11 is 0. The van der Waals surface area contributed by atoms with Crippen molar-refractivity contribution in [1.29, 1.82) is 0 Å². The van der Waals surface area contributed by atoms with Crippen LogP contribution in [0.25, 0.3) is 0 Å². The molecule has 2 atom stereocenters. The van der Waals surface area contributed by atoms with E-state index in [2.05, 4.69) is 19.2 Å². The summed E-state index contributed by atoms with van der Waals surface area (Å²) in [4.78, 5) is 24.6. The summed E-state index contributed by atoms with van der Waals surface area (Å²) in [6, 6.07) is -0.540. The van der Waals surface area contributed by atoms with Crippen LogP contribution in [0.4, 0.5) is 0 Å². The largest absolute Gasteiger partial charge is 0.466 e. The number of esters is 1. The van der Waals surface area contributed by atoms with Crippen LogP contribution in [0.3, 0.4) is 0 Å². The maximum absolute atomic E-state index is 12.5. The fourth-order valence-electron chi connectivity index (χ4n) is 11.4. The Kier molecular flexibility index (Phi) is 64.4. The number of amides is 1. The third-order valence-corrected chi connectivity index (χ3v) is 16.7. The Balaban J connectivity index is 3.34. The van der Waals surface area contributed by atoms with E-state index >= 15 is 0 Å². The maximum atomic E-state index is 12.5. The number of hydrogen-bond donors (Lipinski definition) is 3. The van der Waals surface area contributed by atoms with E-state index in [1.165, 1.54) is 334 Å². The van der Waals surface area contributed by atoms with Gasteiger partial charge in [0.05, 0.1) is 25.4 Å². The minimum absolute atomic E-state index is 0.0198. The highest BCUT2D eigenvalue weighted by molar-refractivity contribution is 5.76. The average Bonchev–Trinajstić information content (AvgIpc) is 3.41. The SMILES string of the molecule is CCCCCCCCCCCCCCCCCCCCC(O)C(CO)NC(=O)CCCCCCCCCCCCCCCCCCCCCCCCCOC(=O)CCCCCCCCCCCCCCCCCCC. The predicted octanol–water partition coefficient (Wildman–Crippen LogP) is 22.2. The van der Waals surface area contributed by atoms with Crippen LogP contribution >= 0.6 is 0 Å². The lowest BCUT2D eigenvalue weighted by molar-refractivity contribution is -0.143. The first kappa shape index (κ1) is 73.9. The summed E-state index contributed by atoms with van der Waals surface area (Å²) in [5.74, 6) is -0.00988. The molecule has 0 rings (SSSR count). The van der Waals surface area contributed by atoms with Gasteiger partial charge >= 0.3 is 5.97 Å². The van der Waals surface area contributed by atoms with Gasteiger partial charge in [-0.1, -0.05) is 367 Å². The lowest BCUT2D eigenvalue weighted by Crippen LogP contribution is -2.45. The van der Waals surface area contributed by atoms with Crippen LogP contribution in [0.5, 0.6) is 0 Å². The zero-order chi connectivity index (χ0) is 54.3. The number of carbonyl (C=O) groups excluding carboxylic acids is 2. The van der Waals surface area contributed by atoms with Crippen molar-refractivity contribution >= 4 is 11.9 Å². The lowest BCUT2D eigenvalue weighted by Gasteiger charge is -2.22. The van der Waals surface area contributed by atoms with Crippen molar-refractivity contribution in [3.63, 3.8) is 0 Å². The van der Waals surface area contributed by atoms with Crippen LogP contribution in [-0.4, -0.2) is 47.4 Å². The van der Waals surface area contributed by atoms with Crippen molar-refractivity contribution in [2.75, 3.05) is 13.2 Å². The molecule has 0 aromatic carbocycles. The predicted molar refractivity (Wildman–Crippen MR) is 329 cm³/mol. The number of aliphatic hydroxyl groups excluding tert-OH is 2. The van der Waals surface area contributed by atoms with Gasteiger partial charge in [0.2, 0.25) is 5.91 Å². The number of ether oxygens (including phenoxy) is 1. The molecule has 0 bridgehead atoms. The molecule has 0 spiro atoms. The molecule has 0 aliphatic rings.